The van der Waals surface area contributed by atoms with Crippen LogP contribution in [-0.4, -0.2) is 46.1 Å². The second kappa shape index (κ2) is 5.03. The Hall–Kier alpha value is -1.79. The van der Waals surface area contributed by atoms with Gasteiger partial charge in [-0.05, 0) is 12.1 Å². The number of aliphatic hydroxyl groups excluding tert-OH is 2. The van der Waals surface area contributed by atoms with Crippen molar-refractivity contribution in [2.45, 2.75) is 0 Å². The number of rotatable bonds is 5. The summed E-state index contributed by atoms with van der Waals surface area (Å²) in [4.78, 5) is 1.77. The molecule has 0 aliphatic rings. The maximum absolute atomic E-state index is 8.99. The van der Waals surface area contributed by atoms with Gasteiger partial charge in [-0.15, -0.1) is 5.10 Å². The van der Waals surface area contributed by atoms with Crippen LogP contribution in [0.1, 0.15) is 0 Å². The van der Waals surface area contributed by atoms with Crippen LogP contribution < -0.4 is 10.6 Å². The van der Waals surface area contributed by atoms with E-state index in [4.69, 9.17) is 15.9 Å². The molecule has 4 N–H and O–H groups in total. The van der Waals surface area contributed by atoms with Gasteiger partial charge in [0.2, 0.25) is 0 Å². The van der Waals surface area contributed by atoms with Crippen molar-refractivity contribution < 1.29 is 10.2 Å². The third kappa shape index (κ3) is 2.17. The fraction of sp³-hybridized carbons (Fsp3) is 0.364. The molecule has 0 atom stereocenters. The van der Waals surface area contributed by atoms with Crippen molar-refractivity contribution >= 4 is 17.0 Å². The highest BCUT2D eigenvalue weighted by atomic mass is 16.3. The molecule has 0 fully saturated rings. The van der Waals surface area contributed by atoms with Crippen LogP contribution in [0.15, 0.2) is 24.4 Å². The van der Waals surface area contributed by atoms with Crippen LogP contribution >= 0.6 is 0 Å². The molecule has 0 spiro atoms. The van der Waals surface area contributed by atoms with E-state index in [-0.39, 0.29) is 13.2 Å². The van der Waals surface area contributed by atoms with Gasteiger partial charge in [0.25, 0.3) is 0 Å². The molecule has 2 heterocycles. The van der Waals surface area contributed by atoms with E-state index in [1.165, 1.54) is 0 Å². The molecule has 0 saturated heterocycles. The first-order valence-corrected chi connectivity index (χ1v) is 5.47. The Kier molecular flexibility index (Phi) is 3.46. The molecule has 0 aliphatic carbocycles. The molecule has 17 heavy (non-hydrogen) atoms. The first kappa shape index (κ1) is 11.7. The van der Waals surface area contributed by atoms with Gasteiger partial charge in [0, 0.05) is 19.3 Å². The van der Waals surface area contributed by atoms with Crippen LogP contribution in [0.4, 0.5) is 11.5 Å². The molecule has 2 aromatic rings. The third-order valence-electron chi connectivity index (χ3n) is 2.60. The minimum atomic E-state index is -0.00664. The topological polar surface area (TPSA) is 87.0 Å². The lowest BCUT2D eigenvalue weighted by Gasteiger charge is -2.20. The largest absolute Gasteiger partial charge is 0.395 e. The normalized spacial score (nSPS) is 10.9. The maximum Gasteiger partial charge on any atom is 0.175 e. The molecule has 2 aromatic heterocycles. The highest BCUT2D eigenvalue weighted by molar-refractivity contribution is 5.81. The molecular weight excluding hydrogens is 220 g/mol. The Bertz CT molecular complexity index is 491. The third-order valence-corrected chi connectivity index (χ3v) is 2.60. The Balaban J connectivity index is 2.42. The van der Waals surface area contributed by atoms with Gasteiger partial charge in [0.05, 0.1) is 18.7 Å². The molecule has 92 valence electrons. The summed E-state index contributed by atoms with van der Waals surface area (Å²) in [5.74, 6) is 0.597. The zero-order valence-electron chi connectivity index (χ0n) is 9.45. The zero-order chi connectivity index (χ0) is 12.3. The van der Waals surface area contributed by atoms with Gasteiger partial charge in [-0.1, -0.05) is 6.07 Å². The van der Waals surface area contributed by atoms with Gasteiger partial charge in [-0.25, -0.2) is 4.52 Å². The quantitative estimate of drug-likeness (QED) is 0.664. The van der Waals surface area contributed by atoms with E-state index in [2.05, 4.69) is 5.10 Å². The number of aliphatic hydroxyl groups is 2. The molecule has 6 heteroatoms. The molecule has 0 unspecified atom stereocenters. The van der Waals surface area contributed by atoms with Crippen LogP contribution in [-0.2, 0) is 0 Å². The Labute approximate surface area is 98.9 Å². The summed E-state index contributed by atoms with van der Waals surface area (Å²) in [6.45, 7) is 0.782. The highest BCUT2D eigenvalue weighted by Crippen LogP contribution is 2.25. The number of aromatic nitrogens is 2. The standard InChI is InChI=1S/C11H16N4O2/c12-10-9-3-1-2-4-15(9)13-11(10)14(5-7-16)6-8-17/h1-4,16-17H,5-8,12H2. The first-order valence-electron chi connectivity index (χ1n) is 5.47. The van der Waals surface area contributed by atoms with Crippen LogP contribution in [0.5, 0.6) is 0 Å². The van der Waals surface area contributed by atoms with Gasteiger partial charge in [-0.3, -0.25) is 0 Å². The highest BCUT2D eigenvalue weighted by Gasteiger charge is 2.15. The number of hydrogen-bond acceptors (Lipinski definition) is 5. The van der Waals surface area contributed by atoms with Crippen molar-refractivity contribution in [2.24, 2.45) is 0 Å². The summed E-state index contributed by atoms with van der Waals surface area (Å²) in [5, 5.41) is 22.3. The van der Waals surface area contributed by atoms with Gasteiger partial charge in [-0.2, -0.15) is 0 Å². The van der Waals surface area contributed by atoms with Crippen molar-refractivity contribution in [3.05, 3.63) is 24.4 Å². The molecule has 0 aliphatic heterocycles. The molecular formula is C11H16N4O2. The second-order valence-electron chi connectivity index (χ2n) is 3.70. The van der Waals surface area contributed by atoms with E-state index in [1.54, 1.807) is 9.42 Å². The Morgan fingerprint density at radius 1 is 1.24 bits per heavy atom. The minimum absolute atomic E-state index is 0.00664. The van der Waals surface area contributed by atoms with Gasteiger partial charge < -0.3 is 20.8 Å². The summed E-state index contributed by atoms with van der Waals surface area (Å²) < 4.78 is 1.69. The van der Waals surface area contributed by atoms with Crippen LogP contribution in [0.2, 0.25) is 0 Å². The average Bonchev–Trinajstić information content (AvgIpc) is 2.67. The summed E-state index contributed by atoms with van der Waals surface area (Å²) >= 11 is 0. The number of nitrogen functional groups attached to an aromatic ring is 1. The molecule has 2 rings (SSSR count). The fourth-order valence-electron chi connectivity index (χ4n) is 1.80. The molecule has 0 amide bonds. The van der Waals surface area contributed by atoms with E-state index in [9.17, 15) is 0 Å². The first-order chi connectivity index (χ1) is 8.27. The zero-order valence-corrected chi connectivity index (χ0v) is 9.45. The van der Waals surface area contributed by atoms with E-state index in [0.717, 1.165) is 5.52 Å². The number of nitrogens with zero attached hydrogens (tertiary/aromatic N) is 3. The summed E-state index contributed by atoms with van der Waals surface area (Å²) in [6.07, 6.45) is 1.81. The monoisotopic (exact) mass is 236 g/mol. The van der Waals surface area contributed by atoms with Crippen LogP contribution in [0.25, 0.3) is 5.52 Å². The lowest BCUT2D eigenvalue weighted by molar-refractivity contribution is 0.280. The fourth-order valence-corrected chi connectivity index (χ4v) is 1.80. The second-order valence-corrected chi connectivity index (χ2v) is 3.70. The van der Waals surface area contributed by atoms with E-state index in [0.29, 0.717) is 24.6 Å². The van der Waals surface area contributed by atoms with Crippen molar-refractivity contribution in [3.63, 3.8) is 0 Å². The smallest absolute Gasteiger partial charge is 0.175 e. The number of nitrogens with two attached hydrogens (primary N) is 1. The number of fused-ring (bicyclic) bond motifs is 1. The average molecular weight is 236 g/mol. The van der Waals surface area contributed by atoms with E-state index < -0.39 is 0 Å². The van der Waals surface area contributed by atoms with Gasteiger partial charge in [0.1, 0.15) is 5.69 Å². The maximum atomic E-state index is 8.99. The SMILES string of the molecule is Nc1c(N(CCO)CCO)nn2ccccc12. The van der Waals surface area contributed by atoms with Crippen LogP contribution in [0.3, 0.4) is 0 Å². The Morgan fingerprint density at radius 3 is 2.53 bits per heavy atom. The lowest BCUT2D eigenvalue weighted by atomic mass is 10.3. The lowest BCUT2D eigenvalue weighted by Crippen LogP contribution is -2.30. The van der Waals surface area contributed by atoms with Crippen LogP contribution in [0, 0.1) is 0 Å². The van der Waals surface area contributed by atoms with Crippen molar-refractivity contribution in [1.82, 2.24) is 9.61 Å². The summed E-state index contributed by atoms with van der Waals surface area (Å²) in [5.41, 5.74) is 7.40. The van der Waals surface area contributed by atoms with Crippen molar-refractivity contribution in [2.75, 3.05) is 36.9 Å². The molecule has 0 saturated carbocycles. The minimum Gasteiger partial charge on any atom is -0.395 e. The van der Waals surface area contributed by atoms with Gasteiger partial charge in [0.15, 0.2) is 5.82 Å². The summed E-state index contributed by atoms with van der Waals surface area (Å²) in [6, 6.07) is 5.63. The van der Waals surface area contributed by atoms with E-state index >= 15 is 0 Å². The van der Waals surface area contributed by atoms with Gasteiger partial charge >= 0.3 is 0 Å². The number of hydrogen-bond donors (Lipinski definition) is 3. The molecule has 6 nitrogen and oxygen atoms in total. The molecule has 0 bridgehead atoms. The van der Waals surface area contributed by atoms with Crippen molar-refractivity contribution in [3.8, 4) is 0 Å². The number of pyridine rings is 1. The molecule has 0 aromatic carbocycles. The number of anilines is 2. The van der Waals surface area contributed by atoms with E-state index in [1.807, 2.05) is 24.4 Å². The molecule has 0 radical (unpaired) electrons. The Morgan fingerprint density at radius 2 is 1.94 bits per heavy atom. The van der Waals surface area contributed by atoms with Crippen molar-refractivity contribution in [1.29, 1.82) is 0 Å². The summed E-state index contributed by atoms with van der Waals surface area (Å²) in [7, 11) is 0. The predicted octanol–water partition coefficient (Wildman–Crippen LogP) is -0.292. The predicted molar refractivity (Wildman–Crippen MR) is 66.0 cm³/mol.